The lowest BCUT2D eigenvalue weighted by atomic mass is 10.2. The maximum atomic E-state index is 12.6. The monoisotopic (exact) mass is 528 g/mol. The third-order valence-corrected chi connectivity index (χ3v) is 5.30. The van der Waals surface area contributed by atoms with Gasteiger partial charge in [0.2, 0.25) is 0 Å². The van der Waals surface area contributed by atoms with Crippen LogP contribution in [0.2, 0.25) is 0 Å². The van der Waals surface area contributed by atoms with Crippen molar-refractivity contribution in [2.75, 3.05) is 13.2 Å². The molecule has 0 fully saturated rings. The van der Waals surface area contributed by atoms with Crippen molar-refractivity contribution in [3.8, 4) is 11.5 Å². The van der Waals surface area contributed by atoms with Gasteiger partial charge >= 0.3 is 11.9 Å². The number of ether oxygens (including phenoxy) is 2. The van der Waals surface area contributed by atoms with Crippen molar-refractivity contribution in [3.63, 3.8) is 0 Å². The Labute approximate surface area is 221 Å². The molecule has 0 aliphatic carbocycles. The van der Waals surface area contributed by atoms with Crippen LogP contribution in [0.25, 0.3) is 11.0 Å². The highest BCUT2D eigenvalue weighted by Gasteiger charge is 2.21. The summed E-state index contributed by atoms with van der Waals surface area (Å²) in [4.78, 5) is 40.6. The van der Waals surface area contributed by atoms with Crippen LogP contribution in [0.5, 0.6) is 11.5 Å². The summed E-state index contributed by atoms with van der Waals surface area (Å²) in [5.74, 6) is -1.56. The normalized spacial score (nSPS) is 10.7. The fourth-order valence-electron chi connectivity index (χ4n) is 3.85. The Morgan fingerprint density at radius 1 is 0.947 bits per heavy atom. The molecule has 4 N–H and O–H groups in total. The van der Waals surface area contributed by atoms with Gasteiger partial charge in [-0.2, -0.15) is 0 Å². The fourth-order valence-corrected chi connectivity index (χ4v) is 3.85. The number of rotatable bonds is 11. The number of aromatic amines is 1. The smallest absolute Gasteiger partial charge is 0.414 e. The number of nitrogens with zero attached hydrogens (tertiary/aromatic N) is 2. The minimum Gasteiger partial charge on any atom is -0.490 e. The van der Waals surface area contributed by atoms with E-state index < -0.39 is 11.9 Å². The Balaban J connectivity index is 0.000000757. The lowest BCUT2D eigenvalue weighted by Gasteiger charge is -2.30. The van der Waals surface area contributed by atoms with Gasteiger partial charge in [-0.25, -0.2) is 14.6 Å². The van der Waals surface area contributed by atoms with Crippen LogP contribution in [0.1, 0.15) is 46.0 Å². The van der Waals surface area contributed by atoms with E-state index in [9.17, 15) is 4.79 Å². The van der Waals surface area contributed by atoms with Crippen LogP contribution in [0.4, 0.5) is 0 Å². The zero-order valence-corrected chi connectivity index (χ0v) is 22.4. The number of carbonyl (C=O) groups is 3. The third-order valence-electron chi connectivity index (χ3n) is 5.30. The molecule has 206 valence electrons. The average molecular weight is 529 g/mol. The number of H-pyrrole nitrogens is 1. The first-order valence-corrected chi connectivity index (χ1v) is 12.3. The molecule has 0 aliphatic heterocycles. The summed E-state index contributed by atoms with van der Waals surface area (Å²) in [6, 6.07) is 14.0. The Morgan fingerprint density at radius 3 is 2.18 bits per heavy atom. The van der Waals surface area contributed by atoms with Gasteiger partial charge in [0.15, 0.2) is 18.1 Å². The average Bonchev–Trinajstić information content (AvgIpc) is 3.26. The van der Waals surface area contributed by atoms with Gasteiger partial charge < -0.3 is 34.9 Å². The van der Waals surface area contributed by atoms with E-state index in [2.05, 4.69) is 15.3 Å². The first kappa shape index (κ1) is 30.1. The summed E-state index contributed by atoms with van der Waals surface area (Å²) in [6.07, 6.45) is 0. The van der Waals surface area contributed by atoms with Crippen LogP contribution < -0.4 is 14.8 Å². The summed E-state index contributed by atoms with van der Waals surface area (Å²) in [5.41, 5.74) is 3.06. The van der Waals surface area contributed by atoms with Crippen LogP contribution in [-0.2, 0) is 27.5 Å². The van der Waals surface area contributed by atoms with Crippen molar-refractivity contribution in [3.05, 3.63) is 53.9 Å². The molecule has 11 heteroatoms. The Hall–Kier alpha value is -4.12. The number of carboxylic acid groups (broad SMARTS) is 2. The van der Waals surface area contributed by atoms with E-state index in [1.165, 1.54) is 0 Å². The summed E-state index contributed by atoms with van der Waals surface area (Å²) in [6.45, 7) is 11.8. The molecule has 3 aromatic rings. The molecule has 38 heavy (non-hydrogen) atoms. The predicted octanol–water partition coefficient (Wildman–Crippen LogP) is 3.43. The quantitative estimate of drug-likeness (QED) is 0.274. The molecule has 2 aromatic carbocycles. The van der Waals surface area contributed by atoms with Crippen molar-refractivity contribution in [1.29, 1.82) is 0 Å². The number of imidazole rings is 1. The van der Waals surface area contributed by atoms with Gasteiger partial charge in [0.1, 0.15) is 5.82 Å². The van der Waals surface area contributed by atoms with Crippen molar-refractivity contribution < 1.29 is 34.1 Å². The van der Waals surface area contributed by atoms with Gasteiger partial charge in [0.25, 0.3) is 5.91 Å². The van der Waals surface area contributed by atoms with E-state index in [-0.39, 0.29) is 24.6 Å². The molecule has 0 radical (unpaired) electrons. The molecule has 0 saturated carbocycles. The molecular weight excluding hydrogens is 492 g/mol. The molecule has 1 heterocycles. The summed E-state index contributed by atoms with van der Waals surface area (Å²) >= 11 is 0. The highest BCUT2D eigenvalue weighted by Crippen LogP contribution is 2.29. The highest BCUT2D eigenvalue weighted by molar-refractivity contribution is 6.27. The maximum absolute atomic E-state index is 12.6. The molecule has 0 bridgehead atoms. The van der Waals surface area contributed by atoms with Crippen molar-refractivity contribution >= 4 is 28.9 Å². The highest BCUT2D eigenvalue weighted by atomic mass is 16.5. The second kappa shape index (κ2) is 14.6. The molecule has 1 aromatic heterocycles. The number of para-hydroxylation sites is 2. The number of aliphatic carboxylic acids is 2. The van der Waals surface area contributed by atoms with Gasteiger partial charge in [-0.15, -0.1) is 0 Å². The molecule has 0 saturated heterocycles. The van der Waals surface area contributed by atoms with Gasteiger partial charge in [-0.05, 0) is 64.4 Å². The van der Waals surface area contributed by atoms with E-state index in [4.69, 9.17) is 29.3 Å². The third kappa shape index (κ3) is 9.07. The van der Waals surface area contributed by atoms with Crippen LogP contribution >= 0.6 is 0 Å². The first-order chi connectivity index (χ1) is 18.0. The maximum Gasteiger partial charge on any atom is 0.414 e. The van der Waals surface area contributed by atoms with E-state index in [0.29, 0.717) is 31.2 Å². The second-order valence-electron chi connectivity index (χ2n) is 8.91. The summed E-state index contributed by atoms with van der Waals surface area (Å²) in [5, 5.41) is 18.2. The number of carbonyl (C=O) groups excluding carboxylic acids is 1. The Kier molecular flexibility index (Phi) is 11.5. The number of carboxylic acids is 2. The van der Waals surface area contributed by atoms with E-state index >= 15 is 0 Å². The predicted molar refractivity (Wildman–Crippen MR) is 142 cm³/mol. The number of nitrogens with one attached hydrogen (secondary N) is 2. The van der Waals surface area contributed by atoms with Gasteiger partial charge in [0.05, 0.1) is 24.2 Å². The molecule has 3 rings (SSSR count). The number of benzene rings is 2. The van der Waals surface area contributed by atoms with Crippen LogP contribution in [0.3, 0.4) is 0 Å². The Bertz CT molecular complexity index is 1170. The first-order valence-electron chi connectivity index (χ1n) is 12.3. The fraction of sp³-hybridized carbons (Fsp3) is 0.407. The molecule has 0 unspecified atom stereocenters. The van der Waals surface area contributed by atoms with E-state index in [0.717, 1.165) is 22.4 Å². The van der Waals surface area contributed by atoms with Crippen LogP contribution in [0, 0.1) is 0 Å². The second-order valence-corrected chi connectivity index (χ2v) is 8.91. The topological polar surface area (TPSA) is 154 Å². The zero-order valence-electron chi connectivity index (χ0n) is 22.4. The number of hydrogen-bond acceptors (Lipinski definition) is 7. The Morgan fingerprint density at radius 2 is 1.61 bits per heavy atom. The van der Waals surface area contributed by atoms with E-state index in [1.807, 2.05) is 82.0 Å². The van der Waals surface area contributed by atoms with Crippen molar-refractivity contribution in [2.24, 2.45) is 0 Å². The van der Waals surface area contributed by atoms with Crippen molar-refractivity contribution in [1.82, 2.24) is 20.2 Å². The lowest BCUT2D eigenvalue weighted by Crippen LogP contribution is -2.44. The molecule has 0 spiro atoms. The van der Waals surface area contributed by atoms with Gasteiger partial charge in [-0.3, -0.25) is 4.79 Å². The van der Waals surface area contributed by atoms with Gasteiger partial charge in [0, 0.05) is 18.6 Å². The number of amides is 1. The largest absolute Gasteiger partial charge is 0.490 e. The summed E-state index contributed by atoms with van der Waals surface area (Å²) in [7, 11) is 0. The molecule has 0 atom stereocenters. The molecule has 1 amide bonds. The summed E-state index contributed by atoms with van der Waals surface area (Å²) < 4.78 is 11.6. The molecule has 11 nitrogen and oxygen atoms in total. The minimum atomic E-state index is -1.82. The SMILES string of the molecule is CCOc1cc(CNCc2nc3ccccc3[nH]2)ccc1OCC(=O)N(C(C)C)C(C)C.O=C(O)C(=O)O. The number of fused-ring (bicyclic) bond motifs is 1. The molecular formula is C27H36N4O7. The van der Waals surface area contributed by atoms with Crippen LogP contribution in [0.15, 0.2) is 42.5 Å². The zero-order chi connectivity index (χ0) is 28.2. The van der Waals surface area contributed by atoms with E-state index in [1.54, 1.807) is 0 Å². The number of hydrogen-bond donors (Lipinski definition) is 4. The lowest BCUT2D eigenvalue weighted by molar-refractivity contribution is -0.159. The standard InChI is InChI=1S/C25H34N4O3.C2H2O4/c1-6-31-23-13-19(14-26-15-24-27-20-9-7-8-10-21(20)28-24)11-12-22(23)32-16-25(30)29(17(2)3)18(4)5;3-1(4)2(5)6/h7-13,17-18,26H,6,14-16H2,1-5H3,(H,27,28);(H,3,4)(H,5,6). The van der Waals surface area contributed by atoms with Crippen molar-refractivity contribution in [2.45, 2.75) is 59.8 Å². The minimum absolute atomic E-state index is 0.0138. The van der Waals surface area contributed by atoms with Gasteiger partial charge in [-0.1, -0.05) is 18.2 Å². The molecule has 0 aliphatic rings. The number of aromatic nitrogens is 2. The van der Waals surface area contributed by atoms with Crippen LogP contribution in [-0.4, -0.2) is 68.2 Å².